The summed E-state index contributed by atoms with van der Waals surface area (Å²) >= 11 is 0. The molecule has 0 amide bonds. The third kappa shape index (κ3) is 8.52. The van der Waals surface area contributed by atoms with Crippen LogP contribution in [-0.4, -0.2) is 28.6 Å². The molecule has 7 heteroatoms. The summed E-state index contributed by atoms with van der Waals surface area (Å²) in [6, 6.07) is 44.4. The lowest BCUT2D eigenvalue weighted by Gasteiger charge is -2.24. The summed E-state index contributed by atoms with van der Waals surface area (Å²) in [6.45, 7) is 13.0. The molecule has 6 aromatic rings. The molecule has 0 aromatic heterocycles. The molecule has 6 radical (unpaired) electrons. The van der Waals surface area contributed by atoms with Gasteiger partial charge in [-0.1, -0.05) is 125 Å². The molecular weight excluding hydrogens is 668 g/mol. The van der Waals surface area contributed by atoms with Crippen LogP contribution in [0.3, 0.4) is 0 Å². The van der Waals surface area contributed by atoms with Crippen molar-refractivity contribution >= 4 is 68.3 Å². The summed E-state index contributed by atoms with van der Waals surface area (Å²) in [6.07, 6.45) is 0. The number of hydrogen-bond donors (Lipinski definition) is 0. The van der Waals surface area contributed by atoms with Gasteiger partial charge in [-0.15, -0.1) is 0 Å². The highest BCUT2D eigenvalue weighted by Gasteiger charge is 2.27. The average molecular weight is 707 g/mol. The summed E-state index contributed by atoms with van der Waals surface area (Å²) in [5.41, 5.74) is 7.38. The van der Waals surface area contributed by atoms with E-state index in [0.29, 0.717) is 28.6 Å². The van der Waals surface area contributed by atoms with Gasteiger partial charge in [0.05, 0.1) is 0 Å². The molecule has 6 aromatic carbocycles. The van der Waals surface area contributed by atoms with E-state index in [0.717, 1.165) is 17.2 Å². The quantitative estimate of drug-likeness (QED) is 0.111. The van der Waals surface area contributed by atoms with Gasteiger partial charge in [0.15, 0.2) is 0 Å². The molecule has 3 nitrogen and oxygen atoms in total. The Labute approximate surface area is 300 Å². The van der Waals surface area contributed by atoms with Gasteiger partial charge in [0, 0.05) is 0 Å². The van der Waals surface area contributed by atoms with Crippen molar-refractivity contribution < 1.29 is 13.6 Å². The molecule has 0 saturated heterocycles. The zero-order valence-electron chi connectivity index (χ0n) is 28.8. The monoisotopic (exact) mass is 706 g/mol. The molecule has 0 heterocycles. The first kappa shape index (κ1) is 34.7. The van der Waals surface area contributed by atoms with Gasteiger partial charge in [0.2, 0.25) is 0 Å². The molecule has 49 heavy (non-hydrogen) atoms. The summed E-state index contributed by atoms with van der Waals surface area (Å²) in [7, 11) is -0.614. The summed E-state index contributed by atoms with van der Waals surface area (Å²) in [4.78, 5) is 0. The van der Waals surface area contributed by atoms with Crippen LogP contribution in [0.4, 0.5) is 0 Å². The average Bonchev–Trinajstić information content (AvgIpc) is 3.12. The molecule has 0 bridgehead atoms. The van der Waals surface area contributed by atoms with E-state index in [2.05, 4.69) is 169 Å². The third-order valence-corrected chi connectivity index (χ3v) is 14.3. The fourth-order valence-electron chi connectivity index (χ4n) is 5.36. The van der Waals surface area contributed by atoms with Gasteiger partial charge in [0.1, 0.15) is 45.8 Å². The van der Waals surface area contributed by atoms with Crippen LogP contribution < -0.4 is 44.7 Å². The molecule has 0 atom stereocenters. The van der Waals surface area contributed by atoms with Crippen LogP contribution in [0.25, 0.3) is 0 Å². The van der Waals surface area contributed by atoms with Crippen molar-refractivity contribution in [2.45, 2.75) is 41.5 Å². The lowest BCUT2D eigenvalue weighted by molar-refractivity contribution is 0.391. The van der Waals surface area contributed by atoms with E-state index in [-0.39, 0.29) is 0 Å². The standard InChI is InChI=1S/C42H39O3PSi3/c1-28-22-25-37(40(31(28)4)47-34-16-10-7-11-17-34)43-46(44-38-26-23-29(2)32(5)41(38)48-35-18-12-8-13-19-35)45-39-27-24-30(3)33(6)42(39)49-36-20-14-9-15-21-36/h7-27H,1-6H3. The van der Waals surface area contributed by atoms with E-state index in [1.165, 1.54) is 64.5 Å². The molecular formula is C42H39O3PSi3. The fraction of sp³-hybridized carbons (Fsp3) is 0.143. The normalized spacial score (nSPS) is 11.1. The zero-order valence-corrected chi connectivity index (χ0v) is 32.7. The van der Waals surface area contributed by atoms with Crippen LogP contribution in [-0.2, 0) is 0 Å². The Morgan fingerprint density at radius 1 is 0.347 bits per heavy atom. The van der Waals surface area contributed by atoms with E-state index < -0.39 is 8.60 Å². The topological polar surface area (TPSA) is 27.7 Å². The van der Waals surface area contributed by atoms with Crippen LogP contribution in [0.15, 0.2) is 127 Å². The van der Waals surface area contributed by atoms with E-state index in [1.54, 1.807) is 0 Å². The second-order valence-corrected chi connectivity index (χ2v) is 17.1. The number of benzene rings is 6. The van der Waals surface area contributed by atoms with Crippen molar-refractivity contribution in [3.8, 4) is 17.2 Å². The highest BCUT2D eigenvalue weighted by molar-refractivity contribution is 7.43. The molecule has 0 aliphatic rings. The van der Waals surface area contributed by atoms with Crippen LogP contribution in [0, 0.1) is 41.5 Å². The summed E-state index contributed by atoms with van der Waals surface area (Å²) < 4.78 is 20.8. The Morgan fingerprint density at radius 3 is 0.878 bits per heavy atom. The molecule has 0 unspecified atom stereocenters. The fourth-order valence-corrected chi connectivity index (χ4v) is 10.5. The van der Waals surface area contributed by atoms with Gasteiger partial charge < -0.3 is 13.6 Å². The molecule has 6 rings (SSSR count). The van der Waals surface area contributed by atoms with Crippen LogP contribution in [0.1, 0.15) is 33.4 Å². The first-order valence-corrected chi connectivity index (χ1v) is 20.5. The minimum Gasteiger partial charge on any atom is -0.409 e. The Hall–Kier alpha value is -4.20. The first-order chi connectivity index (χ1) is 23.8. The predicted molar refractivity (Wildman–Crippen MR) is 211 cm³/mol. The highest BCUT2D eigenvalue weighted by atomic mass is 31.2. The van der Waals surface area contributed by atoms with Gasteiger partial charge in [-0.2, -0.15) is 0 Å². The minimum absolute atomic E-state index is 0.433. The maximum Gasteiger partial charge on any atom is 0.530 e. The zero-order chi connectivity index (χ0) is 34.3. The Bertz CT molecular complexity index is 1800. The molecule has 242 valence electrons. The Kier molecular flexibility index (Phi) is 11.3. The molecule has 0 fully saturated rings. The van der Waals surface area contributed by atoms with Crippen molar-refractivity contribution in [1.82, 2.24) is 0 Å². The Morgan fingerprint density at radius 2 is 0.612 bits per heavy atom. The molecule has 0 spiro atoms. The summed E-state index contributed by atoms with van der Waals surface area (Å²) in [5, 5.41) is 7.28. The molecule has 0 saturated carbocycles. The Balaban J connectivity index is 1.43. The van der Waals surface area contributed by atoms with Crippen molar-refractivity contribution in [2.24, 2.45) is 0 Å². The van der Waals surface area contributed by atoms with Gasteiger partial charge >= 0.3 is 8.60 Å². The van der Waals surface area contributed by atoms with Gasteiger partial charge in [0.25, 0.3) is 0 Å². The van der Waals surface area contributed by atoms with Crippen molar-refractivity contribution in [3.63, 3.8) is 0 Å². The first-order valence-electron chi connectivity index (χ1n) is 16.4. The van der Waals surface area contributed by atoms with Gasteiger partial charge in [-0.3, -0.25) is 0 Å². The maximum absolute atomic E-state index is 6.95. The van der Waals surface area contributed by atoms with Crippen LogP contribution in [0.5, 0.6) is 17.2 Å². The van der Waals surface area contributed by atoms with Crippen molar-refractivity contribution in [2.75, 3.05) is 0 Å². The maximum atomic E-state index is 6.95. The number of aryl methyl sites for hydroxylation is 3. The van der Waals surface area contributed by atoms with Gasteiger partial charge in [-0.05, 0) is 109 Å². The smallest absolute Gasteiger partial charge is 0.409 e. The SMILES string of the molecule is Cc1ccc(OP(Oc2ccc(C)c(C)c2[Si]c2ccccc2)Oc2ccc(C)c(C)c2[Si]c2ccccc2)c([Si]c2ccccc2)c1C. The largest absolute Gasteiger partial charge is 0.530 e. The number of hydrogen-bond acceptors (Lipinski definition) is 3. The van der Waals surface area contributed by atoms with E-state index in [9.17, 15) is 0 Å². The molecule has 0 aliphatic heterocycles. The molecule has 0 aliphatic carbocycles. The van der Waals surface area contributed by atoms with E-state index >= 15 is 0 Å². The minimum atomic E-state index is -1.91. The lowest BCUT2D eigenvalue weighted by Crippen LogP contribution is -2.33. The predicted octanol–water partition coefficient (Wildman–Crippen LogP) is 6.27. The summed E-state index contributed by atoms with van der Waals surface area (Å²) in [5.74, 6) is 2.38. The van der Waals surface area contributed by atoms with E-state index in [4.69, 9.17) is 13.6 Å². The van der Waals surface area contributed by atoms with E-state index in [1.807, 2.05) is 0 Å². The van der Waals surface area contributed by atoms with Crippen LogP contribution >= 0.6 is 8.60 Å². The third-order valence-electron chi connectivity index (χ3n) is 8.74. The second kappa shape index (κ2) is 16.0. The molecule has 0 N–H and O–H groups in total. The van der Waals surface area contributed by atoms with Crippen LogP contribution in [0.2, 0.25) is 0 Å². The number of rotatable bonds is 12. The van der Waals surface area contributed by atoms with Crippen molar-refractivity contribution in [3.05, 3.63) is 161 Å². The second-order valence-electron chi connectivity index (χ2n) is 12.1. The van der Waals surface area contributed by atoms with Gasteiger partial charge in [-0.25, -0.2) is 0 Å². The highest BCUT2D eigenvalue weighted by Crippen LogP contribution is 2.42. The lowest BCUT2D eigenvalue weighted by atomic mass is 10.1. The van der Waals surface area contributed by atoms with Crippen molar-refractivity contribution in [1.29, 1.82) is 0 Å².